The zero-order valence-corrected chi connectivity index (χ0v) is 36.0. The molecule has 6 aliphatic rings. The lowest BCUT2D eigenvalue weighted by atomic mass is 9.73. The lowest BCUT2D eigenvalue weighted by molar-refractivity contribution is -0.145. The van der Waals surface area contributed by atoms with Gasteiger partial charge in [0.05, 0.1) is 11.3 Å². The normalized spacial score (nSPS) is 32.1. The van der Waals surface area contributed by atoms with Crippen LogP contribution in [0.2, 0.25) is 0 Å². The van der Waals surface area contributed by atoms with Gasteiger partial charge in [-0.05, 0) is 99.3 Å². The first-order chi connectivity index (χ1) is 25.3. The van der Waals surface area contributed by atoms with Gasteiger partial charge in [-0.1, -0.05) is 75.2 Å². The van der Waals surface area contributed by atoms with E-state index < -0.39 is 67.5 Å². The molecule has 6 fully saturated rings. The lowest BCUT2D eigenvalue weighted by Gasteiger charge is -2.39. The van der Waals surface area contributed by atoms with Gasteiger partial charge in [-0.3, -0.25) is 33.6 Å². The van der Waals surface area contributed by atoms with Gasteiger partial charge in [0.1, 0.15) is 23.7 Å². The SMILES string of the molecule is CC[C@@H]1C[C@]1(NC(=O)[C@@H]1C[C@@]2(CN1C(=O)[C@@H](NC(=O)[C@@H](NC(=O)[C@H]1CCCN1C(C)C)C(C)(C)C)C(C)(C)C)C(C)(C)C21CCC1)C(=O)NS(=O)(=O)C1CC1. The highest BCUT2D eigenvalue weighted by atomic mass is 32.2. The Hall–Kier alpha value is -2.74. The van der Waals surface area contributed by atoms with Gasteiger partial charge in [-0.2, -0.15) is 0 Å². The maximum atomic E-state index is 15.1. The second-order valence-corrected chi connectivity index (χ2v) is 22.8. The fourth-order valence-electron chi connectivity index (χ4n) is 11.0. The summed E-state index contributed by atoms with van der Waals surface area (Å²) in [4.78, 5) is 75.3. The summed E-state index contributed by atoms with van der Waals surface area (Å²) in [6.45, 7) is 23.0. The molecule has 2 heterocycles. The van der Waals surface area contributed by atoms with E-state index >= 15 is 4.79 Å². The highest BCUT2D eigenvalue weighted by Crippen LogP contribution is 2.88. The zero-order chi connectivity index (χ0) is 40.9. The third-order valence-corrected chi connectivity index (χ3v) is 16.8. The first-order valence-corrected chi connectivity index (χ1v) is 22.4. The molecular weight excluding hydrogens is 721 g/mol. The standard InChI is InChI=1S/C41H68N6O7S/c1-12-25-21-41(25,35(52)45-55(53,54)26-16-17-26)44-32(49)28-22-40(38(10,11)39(40)18-14-19-39)23-47(28)34(51)30(37(7,8)9)43-33(50)29(36(4,5)6)42-31(48)27-15-13-20-46(27)24(2)3/h24-30H,12-23H2,1-11H3,(H,42,48)(H,43,50)(H,44,49)(H,45,52)/t25-,27-,28+,29-,30-,40-,41-/m1/s1. The highest BCUT2D eigenvalue weighted by molar-refractivity contribution is 7.91. The van der Waals surface area contributed by atoms with E-state index in [1.807, 2.05) is 48.5 Å². The van der Waals surface area contributed by atoms with Gasteiger partial charge in [-0.25, -0.2) is 8.42 Å². The van der Waals surface area contributed by atoms with Crippen LogP contribution in [0.15, 0.2) is 0 Å². The van der Waals surface area contributed by atoms with Crippen molar-refractivity contribution in [3.63, 3.8) is 0 Å². The number of hydrogen-bond donors (Lipinski definition) is 4. The van der Waals surface area contributed by atoms with Crippen molar-refractivity contribution in [1.29, 1.82) is 0 Å². The van der Waals surface area contributed by atoms with Gasteiger partial charge in [-0.15, -0.1) is 0 Å². The number of nitrogens with one attached hydrogen (secondary N) is 4. The van der Waals surface area contributed by atoms with E-state index in [9.17, 15) is 27.6 Å². The quantitative estimate of drug-likeness (QED) is 0.232. The minimum Gasteiger partial charge on any atom is -0.342 e. The fraction of sp³-hybridized carbons (Fsp3) is 0.878. The summed E-state index contributed by atoms with van der Waals surface area (Å²) in [6.07, 6.45) is 7.05. The van der Waals surface area contributed by atoms with Gasteiger partial charge < -0.3 is 20.9 Å². The molecule has 0 unspecified atom stereocenters. The predicted octanol–water partition coefficient (Wildman–Crippen LogP) is 3.61. The van der Waals surface area contributed by atoms with Gasteiger partial charge in [0.2, 0.25) is 33.7 Å². The van der Waals surface area contributed by atoms with Gasteiger partial charge >= 0.3 is 0 Å². The fourth-order valence-corrected chi connectivity index (χ4v) is 12.4. The number of carbonyl (C=O) groups is 5. The third kappa shape index (κ3) is 6.90. The average Bonchev–Trinajstić information content (AvgIpc) is 3.97. The molecule has 0 aromatic rings. The van der Waals surface area contributed by atoms with Gasteiger partial charge in [0.15, 0.2) is 0 Å². The monoisotopic (exact) mass is 788 g/mol. The van der Waals surface area contributed by atoms with E-state index in [-0.39, 0.29) is 46.1 Å². The lowest BCUT2D eigenvalue weighted by Crippen LogP contribution is -2.63. The minimum atomic E-state index is -3.84. The number of sulfonamides is 1. The Morgan fingerprint density at radius 2 is 1.42 bits per heavy atom. The molecule has 2 aliphatic heterocycles. The van der Waals surface area contributed by atoms with Crippen molar-refractivity contribution in [2.24, 2.45) is 33.0 Å². The maximum absolute atomic E-state index is 15.1. The van der Waals surface area contributed by atoms with Crippen LogP contribution in [-0.4, -0.2) is 102 Å². The molecule has 0 aromatic heterocycles. The van der Waals surface area contributed by atoms with Crippen molar-refractivity contribution in [3.05, 3.63) is 0 Å². The Balaban J connectivity index is 1.27. The van der Waals surface area contributed by atoms with E-state index in [4.69, 9.17) is 0 Å². The highest BCUT2D eigenvalue weighted by Gasteiger charge is 2.85. The smallest absolute Gasteiger partial charge is 0.259 e. The van der Waals surface area contributed by atoms with Crippen LogP contribution in [-0.2, 0) is 34.0 Å². The summed E-state index contributed by atoms with van der Waals surface area (Å²) < 4.78 is 27.9. The summed E-state index contributed by atoms with van der Waals surface area (Å²) in [6, 6.07) is -3.03. The number of carbonyl (C=O) groups excluding carboxylic acids is 5. The molecule has 5 amide bonds. The van der Waals surface area contributed by atoms with Crippen LogP contribution in [0.5, 0.6) is 0 Å². The van der Waals surface area contributed by atoms with Gasteiger partial charge in [0.25, 0.3) is 5.91 Å². The first-order valence-electron chi connectivity index (χ1n) is 20.9. The molecule has 0 bridgehead atoms. The van der Waals surface area contributed by atoms with E-state index in [0.717, 1.165) is 32.2 Å². The van der Waals surface area contributed by atoms with Crippen molar-refractivity contribution in [1.82, 2.24) is 30.5 Å². The van der Waals surface area contributed by atoms with E-state index in [0.29, 0.717) is 45.1 Å². The molecule has 4 aliphatic carbocycles. The Morgan fingerprint density at radius 3 is 1.89 bits per heavy atom. The van der Waals surface area contributed by atoms with Crippen LogP contribution in [0.25, 0.3) is 0 Å². The van der Waals surface area contributed by atoms with Crippen LogP contribution in [0, 0.1) is 33.0 Å². The molecule has 14 heteroatoms. The Bertz CT molecular complexity index is 1710. The number of nitrogens with zero attached hydrogens (tertiary/aromatic N) is 2. The minimum absolute atomic E-state index is 0.00129. The van der Waals surface area contributed by atoms with Crippen molar-refractivity contribution < 1.29 is 32.4 Å². The summed E-state index contributed by atoms with van der Waals surface area (Å²) >= 11 is 0. The van der Waals surface area contributed by atoms with Crippen LogP contribution in [0.3, 0.4) is 0 Å². The second-order valence-electron chi connectivity index (χ2n) is 20.9. The van der Waals surface area contributed by atoms with Crippen molar-refractivity contribution in [2.45, 2.75) is 181 Å². The van der Waals surface area contributed by atoms with Gasteiger partial charge in [0, 0.05) is 18.0 Å². The largest absolute Gasteiger partial charge is 0.342 e. The Labute approximate surface area is 329 Å². The van der Waals surface area contributed by atoms with Crippen molar-refractivity contribution >= 4 is 39.6 Å². The van der Waals surface area contributed by atoms with Crippen molar-refractivity contribution in [3.8, 4) is 0 Å². The molecule has 6 rings (SSSR count). The zero-order valence-electron chi connectivity index (χ0n) is 35.2. The molecule has 7 atom stereocenters. The molecule has 4 saturated carbocycles. The number of amides is 5. The topological polar surface area (TPSA) is 174 Å². The van der Waals surface area contributed by atoms with E-state index in [1.165, 1.54) is 0 Å². The molecule has 310 valence electrons. The predicted molar refractivity (Wildman–Crippen MR) is 210 cm³/mol. The Morgan fingerprint density at radius 1 is 0.800 bits per heavy atom. The van der Waals surface area contributed by atoms with Crippen LogP contribution in [0.4, 0.5) is 0 Å². The third-order valence-electron chi connectivity index (χ3n) is 15.0. The van der Waals surface area contributed by atoms with Crippen LogP contribution < -0.4 is 20.7 Å². The van der Waals surface area contributed by atoms with Crippen LogP contribution >= 0.6 is 0 Å². The first kappa shape index (κ1) is 41.9. The summed E-state index contributed by atoms with van der Waals surface area (Å²) in [5.74, 6) is -2.46. The molecular formula is C41H68N6O7S. The molecule has 0 aromatic carbocycles. The van der Waals surface area contributed by atoms with Crippen LogP contribution in [0.1, 0.15) is 140 Å². The molecule has 4 N–H and O–H groups in total. The average molecular weight is 789 g/mol. The van der Waals surface area contributed by atoms with E-state index in [2.05, 4.69) is 53.3 Å². The summed E-state index contributed by atoms with van der Waals surface area (Å²) in [5, 5.41) is 8.53. The second kappa shape index (κ2) is 13.7. The summed E-state index contributed by atoms with van der Waals surface area (Å²) in [5.41, 5.74) is -3.26. The molecule has 13 nitrogen and oxygen atoms in total. The molecule has 2 saturated heterocycles. The van der Waals surface area contributed by atoms with E-state index in [1.54, 1.807) is 4.90 Å². The van der Waals surface area contributed by atoms with Crippen molar-refractivity contribution in [2.75, 3.05) is 13.1 Å². The summed E-state index contributed by atoms with van der Waals surface area (Å²) in [7, 11) is -3.84. The number of rotatable bonds is 12. The number of fused-ring (bicyclic) bond motifs is 1. The molecule has 2 spiro atoms. The number of hydrogen-bond acceptors (Lipinski definition) is 8. The molecule has 55 heavy (non-hydrogen) atoms. The Kier molecular flexibility index (Phi) is 10.4. The molecule has 0 radical (unpaired) electrons. The maximum Gasteiger partial charge on any atom is 0.259 e. The number of likely N-dealkylation sites (tertiary alicyclic amines) is 2.